The van der Waals surface area contributed by atoms with Crippen LogP contribution in [-0.4, -0.2) is 47.9 Å². The van der Waals surface area contributed by atoms with Gasteiger partial charge in [0.05, 0.1) is 16.4 Å². The lowest BCUT2D eigenvalue weighted by molar-refractivity contribution is -0.132. The Balaban J connectivity index is 1.95. The van der Waals surface area contributed by atoms with E-state index >= 15 is 0 Å². The SMILES string of the molecule is CCCCN(C)C(=O)CN1C(=O)C(CC)Oc2ccc(-c3nc(C)sc3C)cc21. The van der Waals surface area contributed by atoms with Crippen LogP contribution in [0.3, 0.4) is 0 Å². The molecule has 0 saturated heterocycles. The van der Waals surface area contributed by atoms with Gasteiger partial charge >= 0.3 is 0 Å². The average Bonchev–Trinajstić information content (AvgIpc) is 3.05. The highest BCUT2D eigenvalue weighted by atomic mass is 32.1. The Morgan fingerprint density at radius 2 is 2.07 bits per heavy atom. The number of hydrogen-bond donors (Lipinski definition) is 0. The molecule has 2 aromatic rings. The molecule has 0 fully saturated rings. The van der Waals surface area contributed by atoms with E-state index < -0.39 is 6.10 Å². The summed E-state index contributed by atoms with van der Waals surface area (Å²) in [6.45, 7) is 8.74. The van der Waals surface area contributed by atoms with E-state index in [9.17, 15) is 9.59 Å². The Labute approximate surface area is 176 Å². The molecular weight excluding hydrogens is 386 g/mol. The van der Waals surface area contributed by atoms with Crippen LogP contribution >= 0.6 is 11.3 Å². The number of carbonyl (C=O) groups is 2. The third kappa shape index (κ3) is 4.45. The van der Waals surface area contributed by atoms with Gasteiger partial charge in [-0.05, 0) is 44.9 Å². The van der Waals surface area contributed by atoms with Crippen LogP contribution in [0, 0.1) is 13.8 Å². The smallest absolute Gasteiger partial charge is 0.268 e. The van der Waals surface area contributed by atoms with E-state index in [1.165, 1.54) is 0 Å². The van der Waals surface area contributed by atoms with Crippen molar-refractivity contribution in [2.24, 2.45) is 0 Å². The van der Waals surface area contributed by atoms with E-state index in [4.69, 9.17) is 4.74 Å². The number of ether oxygens (including phenoxy) is 1. The number of aryl methyl sites for hydroxylation is 2. The number of anilines is 1. The van der Waals surface area contributed by atoms with Crippen molar-refractivity contribution in [3.8, 4) is 17.0 Å². The highest BCUT2D eigenvalue weighted by Gasteiger charge is 2.35. The Morgan fingerprint density at radius 1 is 1.31 bits per heavy atom. The maximum Gasteiger partial charge on any atom is 0.268 e. The minimum Gasteiger partial charge on any atom is -0.478 e. The molecule has 1 aromatic heterocycles. The summed E-state index contributed by atoms with van der Waals surface area (Å²) in [5.74, 6) is 0.398. The van der Waals surface area contributed by atoms with Crippen molar-refractivity contribution < 1.29 is 14.3 Å². The summed E-state index contributed by atoms with van der Waals surface area (Å²) in [5, 5.41) is 0.998. The topological polar surface area (TPSA) is 62.7 Å². The second kappa shape index (κ2) is 8.95. The van der Waals surface area contributed by atoms with E-state index in [0.717, 1.165) is 34.0 Å². The standard InChI is InChI=1S/C22H29N3O3S/c1-6-8-11-24(5)20(26)13-25-17-12-16(21-14(3)29-15(4)23-21)9-10-19(17)28-18(7-2)22(25)27/h9-10,12,18H,6-8,11,13H2,1-5H3. The Bertz CT molecular complexity index is 909. The van der Waals surface area contributed by atoms with Gasteiger partial charge in [-0.1, -0.05) is 20.3 Å². The van der Waals surface area contributed by atoms with Crippen molar-refractivity contribution in [3.05, 3.63) is 28.1 Å². The van der Waals surface area contributed by atoms with Crippen molar-refractivity contribution in [3.63, 3.8) is 0 Å². The number of carbonyl (C=O) groups excluding carboxylic acids is 2. The molecule has 1 aliphatic rings. The molecule has 0 saturated carbocycles. The Morgan fingerprint density at radius 3 is 2.69 bits per heavy atom. The van der Waals surface area contributed by atoms with Crippen LogP contribution in [0.1, 0.15) is 43.0 Å². The normalized spacial score (nSPS) is 15.8. The van der Waals surface area contributed by atoms with Gasteiger partial charge in [-0.15, -0.1) is 11.3 Å². The minimum atomic E-state index is -0.564. The predicted molar refractivity (Wildman–Crippen MR) is 117 cm³/mol. The molecule has 0 bridgehead atoms. The van der Waals surface area contributed by atoms with Gasteiger partial charge in [-0.25, -0.2) is 4.98 Å². The molecule has 1 aromatic carbocycles. The van der Waals surface area contributed by atoms with Gasteiger partial charge in [-0.2, -0.15) is 0 Å². The zero-order valence-corrected chi connectivity index (χ0v) is 18.6. The molecule has 0 spiro atoms. The van der Waals surface area contributed by atoms with Crippen LogP contribution in [0.5, 0.6) is 5.75 Å². The van der Waals surface area contributed by atoms with E-state index in [2.05, 4.69) is 11.9 Å². The van der Waals surface area contributed by atoms with E-state index in [-0.39, 0.29) is 18.4 Å². The van der Waals surface area contributed by atoms with Gasteiger partial charge < -0.3 is 9.64 Å². The van der Waals surface area contributed by atoms with Crippen molar-refractivity contribution >= 4 is 28.8 Å². The van der Waals surface area contributed by atoms with Crippen molar-refractivity contribution in [2.75, 3.05) is 25.0 Å². The molecule has 0 N–H and O–H groups in total. The van der Waals surface area contributed by atoms with Crippen LogP contribution in [0.2, 0.25) is 0 Å². The lowest BCUT2D eigenvalue weighted by Crippen LogP contribution is -2.50. The van der Waals surface area contributed by atoms with Crippen molar-refractivity contribution in [2.45, 2.75) is 53.1 Å². The molecule has 3 rings (SSSR count). The molecule has 1 unspecified atom stereocenters. The summed E-state index contributed by atoms with van der Waals surface area (Å²) in [6, 6.07) is 5.77. The second-order valence-corrected chi connectivity index (χ2v) is 8.84. The number of benzene rings is 1. The first kappa shape index (κ1) is 21.3. The lowest BCUT2D eigenvalue weighted by atomic mass is 10.1. The average molecular weight is 416 g/mol. The zero-order valence-electron chi connectivity index (χ0n) is 17.8. The van der Waals surface area contributed by atoms with Crippen LogP contribution < -0.4 is 9.64 Å². The van der Waals surface area contributed by atoms with Crippen LogP contribution in [0.4, 0.5) is 5.69 Å². The number of rotatable bonds is 7. The molecular formula is C22H29N3O3S. The summed E-state index contributed by atoms with van der Waals surface area (Å²) in [7, 11) is 1.79. The quantitative estimate of drug-likeness (QED) is 0.680. The third-order valence-corrected chi connectivity index (χ3v) is 6.06. The predicted octanol–water partition coefficient (Wildman–Crippen LogP) is 4.19. The van der Waals surface area contributed by atoms with Gasteiger partial charge in [0.25, 0.3) is 5.91 Å². The van der Waals surface area contributed by atoms with Gasteiger partial charge in [0, 0.05) is 24.0 Å². The van der Waals surface area contributed by atoms with Gasteiger partial charge in [-0.3, -0.25) is 14.5 Å². The number of hydrogen-bond acceptors (Lipinski definition) is 5. The molecule has 6 nitrogen and oxygen atoms in total. The monoisotopic (exact) mass is 415 g/mol. The number of nitrogens with zero attached hydrogens (tertiary/aromatic N) is 3. The first-order valence-electron chi connectivity index (χ1n) is 10.2. The largest absolute Gasteiger partial charge is 0.478 e. The summed E-state index contributed by atoms with van der Waals surface area (Å²) < 4.78 is 5.92. The van der Waals surface area contributed by atoms with Gasteiger partial charge in [0.15, 0.2) is 6.10 Å². The summed E-state index contributed by atoms with van der Waals surface area (Å²) >= 11 is 1.65. The van der Waals surface area contributed by atoms with Crippen LogP contribution in [-0.2, 0) is 9.59 Å². The maximum absolute atomic E-state index is 13.0. The Hall–Kier alpha value is -2.41. The summed E-state index contributed by atoms with van der Waals surface area (Å²) in [6.07, 6.45) is 1.95. The summed E-state index contributed by atoms with van der Waals surface area (Å²) in [4.78, 5) is 34.8. The Kier molecular flexibility index (Phi) is 6.57. The molecule has 0 radical (unpaired) electrons. The fraction of sp³-hybridized carbons (Fsp3) is 0.500. The molecule has 156 valence electrons. The fourth-order valence-electron chi connectivity index (χ4n) is 3.47. The highest BCUT2D eigenvalue weighted by molar-refractivity contribution is 7.11. The zero-order chi connectivity index (χ0) is 21.1. The molecule has 1 atom stereocenters. The molecule has 1 aliphatic heterocycles. The van der Waals surface area contributed by atoms with Gasteiger partial charge in [0.2, 0.25) is 5.91 Å². The van der Waals surface area contributed by atoms with Crippen LogP contribution in [0.15, 0.2) is 18.2 Å². The molecule has 2 amide bonds. The van der Waals surface area contributed by atoms with E-state index in [0.29, 0.717) is 24.4 Å². The number of thiazole rings is 1. The maximum atomic E-state index is 13.0. The lowest BCUT2D eigenvalue weighted by Gasteiger charge is -2.34. The number of amides is 2. The number of unbranched alkanes of at least 4 members (excludes halogenated alkanes) is 1. The van der Waals surface area contributed by atoms with E-state index in [1.807, 2.05) is 39.0 Å². The van der Waals surface area contributed by atoms with Crippen molar-refractivity contribution in [1.29, 1.82) is 0 Å². The number of fused-ring (bicyclic) bond motifs is 1. The highest BCUT2D eigenvalue weighted by Crippen LogP contribution is 2.39. The molecule has 7 heteroatoms. The summed E-state index contributed by atoms with van der Waals surface area (Å²) in [5.41, 5.74) is 2.47. The van der Waals surface area contributed by atoms with Crippen molar-refractivity contribution in [1.82, 2.24) is 9.88 Å². The third-order valence-electron chi connectivity index (χ3n) is 5.17. The first-order valence-corrected chi connectivity index (χ1v) is 11.0. The number of aromatic nitrogens is 1. The molecule has 2 heterocycles. The number of likely N-dealkylation sites (N-methyl/N-ethyl adjacent to an activating group) is 1. The molecule has 29 heavy (non-hydrogen) atoms. The fourth-order valence-corrected chi connectivity index (χ4v) is 4.31. The minimum absolute atomic E-state index is 0.0183. The second-order valence-electron chi connectivity index (χ2n) is 7.43. The van der Waals surface area contributed by atoms with Gasteiger partial charge in [0.1, 0.15) is 12.3 Å². The van der Waals surface area contributed by atoms with Crippen LogP contribution in [0.25, 0.3) is 11.3 Å². The molecule has 0 aliphatic carbocycles. The first-order chi connectivity index (χ1) is 13.8. The van der Waals surface area contributed by atoms with E-state index in [1.54, 1.807) is 28.2 Å².